The number of ether oxygens (including phenoxy) is 2. The molecule has 2 N–H and O–H groups in total. The van der Waals surface area contributed by atoms with Crippen LogP contribution in [0, 0.1) is 11.3 Å². The van der Waals surface area contributed by atoms with Crippen molar-refractivity contribution in [2.24, 2.45) is 5.92 Å². The molecule has 0 bridgehead atoms. The Bertz CT molecular complexity index is 541. The minimum absolute atomic E-state index is 0.194. The number of thiol groups is 1. The van der Waals surface area contributed by atoms with Gasteiger partial charge >= 0.3 is 0 Å². The summed E-state index contributed by atoms with van der Waals surface area (Å²) in [7, 11) is 0. The number of benzene rings is 1. The largest absolute Gasteiger partial charge is 0.492 e. The summed E-state index contributed by atoms with van der Waals surface area (Å²) in [6.07, 6.45) is 1.15. The molecule has 1 atom stereocenters. The molecule has 0 aliphatic carbocycles. The van der Waals surface area contributed by atoms with Crippen molar-refractivity contribution < 1.29 is 14.6 Å². The van der Waals surface area contributed by atoms with Crippen molar-refractivity contribution in [3.63, 3.8) is 0 Å². The molecular weight excluding hydrogens is 310 g/mol. The van der Waals surface area contributed by atoms with Gasteiger partial charge < -0.3 is 20.0 Å². The highest BCUT2D eigenvalue weighted by atomic mass is 32.1. The minimum Gasteiger partial charge on any atom is -0.492 e. The van der Waals surface area contributed by atoms with E-state index >= 15 is 0 Å². The lowest BCUT2D eigenvalue weighted by Crippen LogP contribution is -2.50. The van der Waals surface area contributed by atoms with Gasteiger partial charge in [-0.3, -0.25) is 0 Å². The number of hydrogen-bond donors (Lipinski definition) is 3. The lowest BCUT2D eigenvalue weighted by atomic mass is 9.76. The lowest BCUT2D eigenvalue weighted by molar-refractivity contribution is -0.0914. The number of nitrogens with one attached hydrogen (secondary N) is 1. The van der Waals surface area contributed by atoms with Gasteiger partial charge in [-0.2, -0.15) is 12.6 Å². The van der Waals surface area contributed by atoms with Gasteiger partial charge in [-0.25, -0.2) is 0 Å². The van der Waals surface area contributed by atoms with Gasteiger partial charge in [-0.1, -0.05) is 32.9 Å². The van der Waals surface area contributed by atoms with Crippen LogP contribution in [0.2, 0.25) is 0 Å². The van der Waals surface area contributed by atoms with Gasteiger partial charge in [-0.05, 0) is 12.1 Å². The van der Waals surface area contributed by atoms with Crippen molar-refractivity contribution in [1.29, 1.82) is 5.41 Å². The predicted molar refractivity (Wildman–Crippen MR) is 96.0 cm³/mol. The normalized spacial score (nSPS) is 23.2. The molecule has 23 heavy (non-hydrogen) atoms. The molecule has 128 valence electrons. The molecule has 3 rings (SSSR count). The van der Waals surface area contributed by atoms with E-state index in [0.717, 1.165) is 11.3 Å². The molecule has 2 aliphatic heterocycles. The second-order valence-corrected chi connectivity index (χ2v) is 8.50. The van der Waals surface area contributed by atoms with Crippen LogP contribution in [-0.4, -0.2) is 41.0 Å². The van der Waals surface area contributed by atoms with E-state index in [1.165, 1.54) is 0 Å². The molecule has 0 aromatic heterocycles. The zero-order chi connectivity index (χ0) is 17.1. The van der Waals surface area contributed by atoms with Crippen LogP contribution in [0.5, 0.6) is 5.75 Å². The van der Waals surface area contributed by atoms with Crippen LogP contribution in [0.4, 0.5) is 0 Å². The minimum atomic E-state index is -0.858. The van der Waals surface area contributed by atoms with E-state index in [-0.39, 0.29) is 10.7 Å². The van der Waals surface area contributed by atoms with Gasteiger partial charge in [0.05, 0.1) is 23.8 Å². The number of hydrogen-bond acceptors (Lipinski definition) is 5. The quantitative estimate of drug-likeness (QED) is 0.689. The van der Waals surface area contributed by atoms with Gasteiger partial charge in [0.2, 0.25) is 0 Å². The van der Waals surface area contributed by atoms with Crippen molar-refractivity contribution in [1.82, 2.24) is 0 Å². The second kappa shape index (κ2) is 7.24. The highest BCUT2D eigenvalue weighted by molar-refractivity contribution is 7.81. The summed E-state index contributed by atoms with van der Waals surface area (Å²) < 4.78 is 11.2. The summed E-state index contributed by atoms with van der Waals surface area (Å²) in [5.74, 6) is 0.491. The average molecular weight is 337 g/mol. The Morgan fingerprint density at radius 2 is 1.78 bits per heavy atom. The van der Waals surface area contributed by atoms with Crippen LogP contribution in [0.1, 0.15) is 39.2 Å². The molecule has 1 saturated heterocycles. The topological polar surface area (TPSA) is 62.5 Å². The fourth-order valence-corrected chi connectivity index (χ4v) is 2.76. The highest BCUT2D eigenvalue weighted by Crippen LogP contribution is 2.36. The summed E-state index contributed by atoms with van der Waals surface area (Å²) in [6, 6.07) is 7.55. The zero-order valence-electron chi connectivity index (χ0n) is 14.1. The van der Waals surface area contributed by atoms with Gasteiger partial charge in [0.25, 0.3) is 0 Å². The average Bonchev–Trinajstić information content (AvgIpc) is 2.47. The summed E-state index contributed by atoms with van der Waals surface area (Å²) in [6.45, 7) is 7.65. The third-order valence-corrected chi connectivity index (χ3v) is 3.94. The van der Waals surface area contributed by atoms with Crippen molar-refractivity contribution in [2.45, 2.75) is 44.0 Å². The number of fused-ring (bicyclic) bond motifs is 1. The van der Waals surface area contributed by atoms with Crippen LogP contribution in [0.15, 0.2) is 24.3 Å². The van der Waals surface area contributed by atoms with Crippen LogP contribution < -0.4 is 4.74 Å². The Hall–Kier alpha value is -1.04. The van der Waals surface area contributed by atoms with Gasteiger partial charge in [0.1, 0.15) is 5.75 Å². The summed E-state index contributed by atoms with van der Waals surface area (Å²) in [5.41, 5.74) is 0.429. The predicted octanol–water partition coefficient (Wildman–Crippen LogP) is 3.32. The Morgan fingerprint density at radius 1 is 1.22 bits per heavy atom. The fourth-order valence-electron chi connectivity index (χ4n) is 2.76. The van der Waals surface area contributed by atoms with Crippen LogP contribution in [0.3, 0.4) is 0 Å². The van der Waals surface area contributed by atoms with Crippen molar-refractivity contribution >= 4 is 18.3 Å². The first-order valence-corrected chi connectivity index (χ1v) is 8.48. The molecule has 0 saturated carbocycles. The maximum absolute atomic E-state index is 10.7. The molecule has 4 nitrogen and oxygen atoms in total. The van der Waals surface area contributed by atoms with Gasteiger partial charge in [-0.15, -0.1) is 0 Å². The molecule has 0 spiro atoms. The van der Waals surface area contributed by atoms with E-state index < -0.39 is 5.60 Å². The van der Waals surface area contributed by atoms with E-state index in [4.69, 9.17) is 14.9 Å². The second-order valence-electron chi connectivity index (χ2n) is 7.16. The molecule has 0 amide bonds. The number of rotatable bonds is 1. The molecule has 1 aromatic rings. The number of para-hydroxylation sites is 1. The maximum Gasteiger partial charge on any atom is 0.128 e. The molecule has 1 aromatic carbocycles. The molecule has 2 aliphatic rings. The zero-order valence-corrected chi connectivity index (χ0v) is 15.0. The summed E-state index contributed by atoms with van der Waals surface area (Å²) in [4.78, 5) is 0. The van der Waals surface area contributed by atoms with E-state index in [1.807, 2.05) is 24.3 Å². The third-order valence-electron chi connectivity index (χ3n) is 3.94. The molecule has 5 heteroatoms. The molecular formula is C18H27NO3S. The lowest BCUT2D eigenvalue weighted by Gasteiger charge is -2.41. The Labute approximate surface area is 144 Å². The Balaban J connectivity index is 0.000000338. The van der Waals surface area contributed by atoms with E-state index in [9.17, 15) is 5.11 Å². The molecule has 2 heterocycles. The first-order chi connectivity index (χ1) is 10.7. The van der Waals surface area contributed by atoms with Crippen molar-refractivity contribution in [3.8, 4) is 5.75 Å². The summed E-state index contributed by atoms with van der Waals surface area (Å²) in [5, 5.41) is 19.0. The van der Waals surface area contributed by atoms with Gasteiger partial charge in [0, 0.05) is 36.4 Å². The SMILES string of the molecule is CC(C)(C)S.N=C1c2ccccc2OCC1C1(O)CCOCC1. The Morgan fingerprint density at radius 3 is 2.39 bits per heavy atom. The van der Waals surface area contributed by atoms with Crippen LogP contribution in [-0.2, 0) is 4.74 Å². The first-order valence-electron chi connectivity index (χ1n) is 8.04. The molecule has 0 radical (unpaired) electrons. The van der Waals surface area contributed by atoms with Gasteiger partial charge in [0.15, 0.2) is 0 Å². The van der Waals surface area contributed by atoms with Crippen molar-refractivity contribution in [3.05, 3.63) is 29.8 Å². The monoisotopic (exact) mass is 337 g/mol. The number of aliphatic hydroxyl groups is 1. The standard InChI is InChI=1S/C14H17NO3.C4H10S/c15-13-10-3-1-2-4-12(10)18-9-11(13)14(16)5-7-17-8-6-14;1-4(2,3)5/h1-4,11,15-16H,5-9H2;5H,1-3H3. The summed E-state index contributed by atoms with van der Waals surface area (Å²) >= 11 is 4.12. The molecule has 1 fully saturated rings. The van der Waals surface area contributed by atoms with Crippen molar-refractivity contribution in [2.75, 3.05) is 19.8 Å². The Kier molecular flexibility index (Phi) is 5.76. The van der Waals surface area contributed by atoms with Crippen LogP contribution >= 0.6 is 12.6 Å². The fraction of sp³-hybridized carbons (Fsp3) is 0.611. The van der Waals surface area contributed by atoms with Crippen LogP contribution in [0.25, 0.3) is 0 Å². The smallest absolute Gasteiger partial charge is 0.128 e. The van der Waals surface area contributed by atoms with E-state index in [0.29, 0.717) is 38.4 Å². The maximum atomic E-state index is 10.7. The highest BCUT2D eigenvalue weighted by Gasteiger charge is 2.43. The molecule has 1 unspecified atom stereocenters. The van der Waals surface area contributed by atoms with E-state index in [2.05, 4.69) is 33.4 Å². The third kappa shape index (κ3) is 4.96. The van der Waals surface area contributed by atoms with E-state index in [1.54, 1.807) is 0 Å². The first kappa shape index (κ1) is 18.3.